The first kappa shape index (κ1) is 16.9. The lowest BCUT2D eigenvalue weighted by Gasteiger charge is -2.31. The number of hydrogen-bond donors (Lipinski definition) is 2. The zero-order valence-electron chi connectivity index (χ0n) is 13.2. The summed E-state index contributed by atoms with van der Waals surface area (Å²) in [7, 11) is 0. The van der Waals surface area contributed by atoms with Crippen molar-refractivity contribution in [2.75, 3.05) is 19.6 Å². The zero-order chi connectivity index (χ0) is 16.1. The topological polar surface area (TPSA) is 88.3 Å². The molecule has 1 aromatic heterocycles. The summed E-state index contributed by atoms with van der Waals surface area (Å²) in [6.45, 7) is 6.09. The van der Waals surface area contributed by atoms with Crippen molar-refractivity contribution in [3.8, 4) is 0 Å². The fourth-order valence-electron chi connectivity index (χ4n) is 2.57. The first-order valence-electron chi connectivity index (χ1n) is 7.68. The number of piperidine rings is 1. The summed E-state index contributed by atoms with van der Waals surface area (Å²) in [5.41, 5.74) is 6.04. The fourth-order valence-corrected chi connectivity index (χ4v) is 3.40. The molecule has 0 aliphatic carbocycles. The predicted molar refractivity (Wildman–Crippen MR) is 86.7 cm³/mol. The number of nitrogens with two attached hydrogens (primary N) is 1. The van der Waals surface area contributed by atoms with Gasteiger partial charge in [0.25, 0.3) is 0 Å². The molecule has 2 amide bonds. The van der Waals surface area contributed by atoms with Gasteiger partial charge in [-0.2, -0.15) is 0 Å². The van der Waals surface area contributed by atoms with E-state index in [9.17, 15) is 9.59 Å². The molecule has 0 unspecified atom stereocenters. The van der Waals surface area contributed by atoms with Gasteiger partial charge in [-0.3, -0.25) is 14.5 Å². The van der Waals surface area contributed by atoms with Gasteiger partial charge in [-0.05, 0) is 12.8 Å². The van der Waals surface area contributed by atoms with E-state index in [1.54, 1.807) is 11.3 Å². The second-order valence-electron chi connectivity index (χ2n) is 6.09. The molecule has 1 aliphatic heterocycles. The van der Waals surface area contributed by atoms with Crippen LogP contribution in [0.4, 0.5) is 0 Å². The Bertz CT molecular complexity index is 521. The Kier molecular flexibility index (Phi) is 5.90. The van der Waals surface area contributed by atoms with Crippen LogP contribution in [-0.4, -0.2) is 47.4 Å². The average Bonchev–Trinajstić information content (AvgIpc) is 2.89. The zero-order valence-corrected chi connectivity index (χ0v) is 14.0. The molecule has 22 heavy (non-hydrogen) atoms. The second-order valence-corrected chi connectivity index (χ2v) is 6.98. The van der Waals surface area contributed by atoms with Gasteiger partial charge in [-0.1, -0.05) is 13.8 Å². The molecule has 0 saturated carbocycles. The van der Waals surface area contributed by atoms with Gasteiger partial charge in [-0.25, -0.2) is 4.98 Å². The van der Waals surface area contributed by atoms with E-state index in [-0.39, 0.29) is 17.9 Å². The summed E-state index contributed by atoms with van der Waals surface area (Å²) in [6.07, 6.45) is 2.05. The Morgan fingerprint density at radius 1 is 1.45 bits per heavy atom. The van der Waals surface area contributed by atoms with Gasteiger partial charge in [0, 0.05) is 30.4 Å². The number of hydrogen-bond acceptors (Lipinski definition) is 5. The number of thiazole rings is 1. The van der Waals surface area contributed by atoms with Gasteiger partial charge in [0.1, 0.15) is 0 Å². The summed E-state index contributed by atoms with van der Waals surface area (Å²) >= 11 is 1.61. The Morgan fingerprint density at radius 2 is 2.14 bits per heavy atom. The minimum absolute atomic E-state index is 0.0222. The van der Waals surface area contributed by atoms with Crippen molar-refractivity contribution in [2.24, 2.45) is 5.73 Å². The summed E-state index contributed by atoms with van der Waals surface area (Å²) in [4.78, 5) is 29.5. The number of amides is 2. The highest BCUT2D eigenvalue weighted by atomic mass is 32.1. The third-order valence-electron chi connectivity index (χ3n) is 3.74. The van der Waals surface area contributed by atoms with Gasteiger partial charge in [0.15, 0.2) is 0 Å². The lowest BCUT2D eigenvalue weighted by atomic mass is 10.0. The Hall–Kier alpha value is -1.47. The molecule has 1 aromatic rings. The maximum atomic E-state index is 12.1. The van der Waals surface area contributed by atoms with Crippen LogP contribution in [0.1, 0.15) is 43.3 Å². The van der Waals surface area contributed by atoms with Crippen LogP contribution in [-0.2, 0) is 16.0 Å². The van der Waals surface area contributed by atoms with Crippen molar-refractivity contribution in [1.29, 1.82) is 0 Å². The van der Waals surface area contributed by atoms with Crippen LogP contribution in [0.15, 0.2) is 5.38 Å². The van der Waals surface area contributed by atoms with Crippen molar-refractivity contribution in [3.05, 3.63) is 16.1 Å². The molecule has 1 fully saturated rings. The van der Waals surface area contributed by atoms with E-state index in [1.807, 2.05) is 10.3 Å². The monoisotopic (exact) mass is 324 g/mol. The average molecular weight is 324 g/mol. The molecule has 6 nitrogen and oxygen atoms in total. The molecule has 0 spiro atoms. The summed E-state index contributed by atoms with van der Waals surface area (Å²) < 4.78 is 0. The van der Waals surface area contributed by atoms with E-state index < -0.39 is 0 Å². The number of rotatable bonds is 6. The quantitative estimate of drug-likeness (QED) is 0.813. The normalized spacial score (nSPS) is 16.9. The lowest BCUT2D eigenvalue weighted by molar-refractivity contribution is -0.122. The summed E-state index contributed by atoms with van der Waals surface area (Å²) in [6, 6.07) is 0.180. The number of primary amides is 1. The van der Waals surface area contributed by atoms with Crippen LogP contribution in [0.2, 0.25) is 0 Å². The highest BCUT2D eigenvalue weighted by Crippen LogP contribution is 2.19. The Morgan fingerprint density at radius 3 is 2.68 bits per heavy atom. The maximum absolute atomic E-state index is 12.1. The first-order valence-corrected chi connectivity index (χ1v) is 8.56. The van der Waals surface area contributed by atoms with Crippen molar-refractivity contribution < 1.29 is 9.59 Å². The molecule has 1 aliphatic rings. The Labute approximate surface area is 135 Å². The molecule has 2 rings (SSSR count). The van der Waals surface area contributed by atoms with Gasteiger partial charge in [-0.15, -0.1) is 11.3 Å². The van der Waals surface area contributed by atoms with E-state index in [2.05, 4.69) is 24.1 Å². The molecule has 0 bridgehead atoms. The SMILES string of the molecule is CC(C)c1nc(CC(=O)NC2CCN(CC(N)=O)CC2)cs1. The number of carbonyl (C=O) groups is 2. The van der Waals surface area contributed by atoms with Gasteiger partial charge < -0.3 is 11.1 Å². The number of carbonyl (C=O) groups excluding carboxylic acids is 2. The molecule has 0 atom stereocenters. The van der Waals surface area contributed by atoms with Crippen LogP contribution in [0.5, 0.6) is 0 Å². The van der Waals surface area contributed by atoms with E-state index >= 15 is 0 Å². The predicted octanol–water partition coefficient (Wildman–Crippen LogP) is 0.875. The molecule has 0 aromatic carbocycles. The van der Waals surface area contributed by atoms with Crippen LogP contribution >= 0.6 is 11.3 Å². The number of nitrogens with one attached hydrogen (secondary N) is 1. The van der Waals surface area contributed by atoms with Crippen LogP contribution in [0.3, 0.4) is 0 Å². The largest absolute Gasteiger partial charge is 0.369 e. The van der Waals surface area contributed by atoms with E-state index in [0.717, 1.165) is 36.6 Å². The third kappa shape index (κ3) is 5.06. The first-order chi connectivity index (χ1) is 10.4. The molecular weight excluding hydrogens is 300 g/mol. The van der Waals surface area contributed by atoms with Gasteiger partial charge >= 0.3 is 0 Å². The highest BCUT2D eigenvalue weighted by molar-refractivity contribution is 7.09. The number of aromatic nitrogens is 1. The third-order valence-corrected chi connectivity index (χ3v) is 4.93. The van der Waals surface area contributed by atoms with E-state index in [1.165, 1.54) is 0 Å². The number of nitrogens with zero attached hydrogens (tertiary/aromatic N) is 2. The molecule has 2 heterocycles. The van der Waals surface area contributed by atoms with Crippen LogP contribution in [0.25, 0.3) is 0 Å². The second kappa shape index (κ2) is 7.69. The highest BCUT2D eigenvalue weighted by Gasteiger charge is 2.21. The number of likely N-dealkylation sites (tertiary alicyclic amines) is 1. The van der Waals surface area contributed by atoms with E-state index in [0.29, 0.717) is 18.9 Å². The van der Waals surface area contributed by atoms with Crippen molar-refractivity contribution in [1.82, 2.24) is 15.2 Å². The van der Waals surface area contributed by atoms with E-state index in [4.69, 9.17) is 5.73 Å². The van der Waals surface area contributed by atoms with Gasteiger partial charge in [0.2, 0.25) is 11.8 Å². The minimum atomic E-state index is -0.299. The molecule has 3 N–H and O–H groups in total. The molecular formula is C15H24N4O2S. The molecule has 0 radical (unpaired) electrons. The summed E-state index contributed by atoms with van der Waals surface area (Å²) in [5.74, 6) is 0.123. The maximum Gasteiger partial charge on any atom is 0.231 e. The molecule has 1 saturated heterocycles. The smallest absolute Gasteiger partial charge is 0.231 e. The van der Waals surface area contributed by atoms with Crippen LogP contribution in [0, 0.1) is 0 Å². The molecule has 122 valence electrons. The molecule has 7 heteroatoms. The fraction of sp³-hybridized carbons (Fsp3) is 0.667. The lowest BCUT2D eigenvalue weighted by Crippen LogP contribution is -2.47. The van der Waals surface area contributed by atoms with Crippen molar-refractivity contribution in [2.45, 2.75) is 45.1 Å². The van der Waals surface area contributed by atoms with Crippen LogP contribution < -0.4 is 11.1 Å². The van der Waals surface area contributed by atoms with Crippen molar-refractivity contribution >= 4 is 23.2 Å². The van der Waals surface area contributed by atoms with Crippen molar-refractivity contribution in [3.63, 3.8) is 0 Å². The minimum Gasteiger partial charge on any atom is -0.369 e. The Balaban J connectivity index is 1.74. The summed E-state index contributed by atoms with van der Waals surface area (Å²) in [5, 5.41) is 6.10. The van der Waals surface area contributed by atoms with Gasteiger partial charge in [0.05, 0.1) is 23.7 Å². The standard InChI is InChI=1S/C15H24N4O2S/c1-10(2)15-18-12(9-22-15)7-14(21)17-11-3-5-19(6-4-11)8-13(16)20/h9-11H,3-8H2,1-2H3,(H2,16,20)(H,17,21).